The lowest BCUT2D eigenvalue weighted by atomic mass is 10.1. The Morgan fingerprint density at radius 2 is 2.00 bits per heavy atom. The summed E-state index contributed by atoms with van der Waals surface area (Å²) in [7, 11) is 1.42. The predicted octanol–water partition coefficient (Wildman–Crippen LogP) is 2.68. The van der Waals surface area contributed by atoms with Crippen LogP contribution in [0, 0.1) is 11.6 Å². The molecule has 2 rings (SSSR count). The maximum Gasteiger partial charge on any atom is 0.248 e. The maximum absolute atomic E-state index is 13.8. The number of benzene rings is 2. The number of anilines is 1. The number of rotatable bonds is 5. The van der Waals surface area contributed by atoms with Crippen LogP contribution in [0.4, 0.5) is 14.5 Å². The van der Waals surface area contributed by atoms with Gasteiger partial charge in [0.15, 0.2) is 0 Å². The van der Waals surface area contributed by atoms with Crippen LogP contribution in [0.1, 0.15) is 15.9 Å². The quantitative estimate of drug-likeness (QED) is 0.890. The van der Waals surface area contributed by atoms with Crippen molar-refractivity contribution in [2.75, 3.05) is 12.4 Å². The van der Waals surface area contributed by atoms with Gasteiger partial charge in [-0.25, -0.2) is 8.78 Å². The van der Waals surface area contributed by atoms with Gasteiger partial charge in [0.25, 0.3) is 0 Å². The Morgan fingerprint density at radius 3 is 2.62 bits per heavy atom. The van der Waals surface area contributed by atoms with E-state index in [1.54, 1.807) is 0 Å². The SMILES string of the molecule is COc1cc(F)ccc1NCc1ccc(C(N)=O)cc1F. The average Bonchev–Trinajstić information content (AvgIpc) is 2.46. The largest absolute Gasteiger partial charge is 0.494 e. The molecule has 1 amide bonds. The monoisotopic (exact) mass is 292 g/mol. The van der Waals surface area contributed by atoms with Crippen LogP contribution in [0.3, 0.4) is 0 Å². The molecule has 6 heteroatoms. The molecule has 0 spiro atoms. The number of hydrogen-bond acceptors (Lipinski definition) is 3. The number of carbonyl (C=O) groups is 1. The molecule has 0 atom stereocenters. The molecule has 0 heterocycles. The fourth-order valence-corrected chi connectivity index (χ4v) is 1.85. The fourth-order valence-electron chi connectivity index (χ4n) is 1.85. The van der Waals surface area contributed by atoms with Gasteiger partial charge in [-0.15, -0.1) is 0 Å². The van der Waals surface area contributed by atoms with Crippen LogP contribution >= 0.6 is 0 Å². The van der Waals surface area contributed by atoms with Crippen LogP contribution in [-0.2, 0) is 6.54 Å². The van der Waals surface area contributed by atoms with E-state index in [0.717, 1.165) is 6.07 Å². The van der Waals surface area contributed by atoms with Gasteiger partial charge in [0.05, 0.1) is 12.8 Å². The first-order valence-corrected chi connectivity index (χ1v) is 6.17. The van der Waals surface area contributed by atoms with Crippen molar-refractivity contribution in [2.24, 2.45) is 5.73 Å². The number of ether oxygens (including phenoxy) is 1. The van der Waals surface area contributed by atoms with E-state index in [2.05, 4.69) is 5.32 Å². The van der Waals surface area contributed by atoms with Crippen LogP contribution < -0.4 is 15.8 Å². The molecule has 4 nitrogen and oxygen atoms in total. The number of halogens is 2. The summed E-state index contributed by atoms with van der Waals surface area (Å²) in [4.78, 5) is 10.9. The lowest BCUT2D eigenvalue weighted by Crippen LogP contribution is -2.12. The van der Waals surface area contributed by atoms with E-state index in [9.17, 15) is 13.6 Å². The summed E-state index contributed by atoms with van der Waals surface area (Å²) in [5.41, 5.74) is 6.08. The molecule has 0 unspecified atom stereocenters. The lowest BCUT2D eigenvalue weighted by molar-refractivity contribution is 0.1000. The number of primary amides is 1. The lowest BCUT2D eigenvalue weighted by Gasteiger charge is -2.12. The second-order valence-corrected chi connectivity index (χ2v) is 4.37. The third kappa shape index (κ3) is 3.47. The van der Waals surface area contributed by atoms with Crippen LogP contribution in [0.25, 0.3) is 0 Å². The second kappa shape index (κ2) is 6.21. The fraction of sp³-hybridized carbons (Fsp3) is 0.133. The Kier molecular flexibility index (Phi) is 4.37. The van der Waals surface area contributed by atoms with E-state index in [4.69, 9.17) is 10.5 Å². The van der Waals surface area contributed by atoms with Gasteiger partial charge in [-0.05, 0) is 24.3 Å². The van der Waals surface area contributed by atoms with Crippen LogP contribution in [0.2, 0.25) is 0 Å². The van der Waals surface area contributed by atoms with Gasteiger partial charge in [-0.2, -0.15) is 0 Å². The summed E-state index contributed by atoms with van der Waals surface area (Å²) in [5.74, 6) is -1.33. The van der Waals surface area contributed by atoms with Crippen molar-refractivity contribution in [1.82, 2.24) is 0 Å². The molecule has 0 fully saturated rings. The van der Waals surface area contributed by atoms with Gasteiger partial charge >= 0.3 is 0 Å². The third-order valence-corrected chi connectivity index (χ3v) is 2.97. The zero-order chi connectivity index (χ0) is 15.4. The Hall–Kier alpha value is -2.63. The van der Waals surface area contributed by atoms with Crippen LogP contribution in [0.5, 0.6) is 5.75 Å². The highest BCUT2D eigenvalue weighted by atomic mass is 19.1. The number of hydrogen-bond donors (Lipinski definition) is 2. The Bertz CT molecular complexity index is 675. The number of amides is 1. The van der Waals surface area contributed by atoms with Crippen molar-refractivity contribution in [3.05, 3.63) is 59.2 Å². The molecule has 21 heavy (non-hydrogen) atoms. The molecule has 0 aliphatic carbocycles. The molecular formula is C15H14F2N2O2. The zero-order valence-corrected chi connectivity index (χ0v) is 11.3. The van der Waals surface area contributed by atoms with Crippen LogP contribution in [-0.4, -0.2) is 13.0 Å². The zero-order valence-electron chi connectivity index (χ0n) is 11.3. The topological polar surface area (TPSA) is 64.3 Å². The molecular weight excluding hydrogens is 278 g/mol. The van der Waals surface area contributed by atoms with Gasteiger partial charge in [0.2, 0.25) is 5.91 Å². The van der Waals surface area contributed by atoms with Crippen molar-refractivity contribution in [3.8, 4) is 5.75 Å². The van der Waals surface area contributed by atoms with Gasteiger partial charge in [-0.3, -0.25) is 4.79 Å². The van der Waals surface area contributed by atoms with Crippen molar-refractivity contribution >= 4 is 11.6 Å². The first kappa shape index (κ1) is 14.8. The van der Waals surface area contributed by atoms with Gasteiger partial charge in [0.1, 0.15) is 17.4 Å². The molecule has 110 valence electrons. The summed E-state index contributed by atoms with van der Waals surface area (Å²) in [6.45, 7) is 0.160. The van der Waals surface area contributed by atoms with E-state index in [1.165, 1.54) is 37.4 Å². The van der Waals surface area contributed by atoms with E-state index >= 15 is 0 Å². The van der Waals surface area contributed by atoms with E-state index in [0.29, 0.717) is 17.0 Å². The minimum atomic E-state index is -0.686. The standard InChI is InChI=1S/C15H14F2N2O2/c1-21-14-7-11(16)4-5-13(14)19-8-10-3-2-9(15(18)20)6-12(10)17/h2-7,19H,8H2,1H3,(H2,18,20). The number of methoxy groups -OCH3 is 1. The normalized spacial score (nSPS) is 10.2. The van der Waals surface area contributed by atoms with Gasteiger partial charge in [-0.1, -0.05) is 6.07 Å². The Morgan fingerprint density at radius 1 is 1.24 bits per heavy atom. The van der Waals surface area contributed by atoms with Crippen molar-refractivity contribution in [1.29, 1.82) is 0 Å². The Labute approximate surface area is 120 Å². The third-order valence-electron chi connectivity index (χ3n) is 2.97. The summed E-state index contributed by atoms with van der Waals surface area (Å²) in [5, 5.41) is 2.95. The molecule has 2 aromatic carbocycles. The number of nitrogens with two attached hydrogens (primary N) is 1. The van der Waals surface area contributed by atoms with Gasteiger partial charge < -0.3 is 15.8 Å². The second-order valence-electron chi connectivity index (χ2n) is 4.37. The van der Waals surface area contributed by atoms with Crippen molar-refractivity contribution in [2.45, 2.75) is 6.54 Å². The first-order valence-electron chi connectivity index (χ1n) is 6.17. The number of carbonyl (C=O) groups excluding carboxylic acids is 1. The number of nitrogens with one attached hydrogen (secondary N) is 1. The maximum atomic E-state index is 13.8. The molecule has 0 bridgehead atoms. The highest BCUT2D eigenvalue weighted by Crippen LogP contribution is 2.25. The van der Waals surface area contributed by atoms with Gasteiger partial charge in [0, 0.05) is 23.7 Å². The summed E-state index contributed by atoms with van der Waals surface area (Å²) in [6, 6.07) is 8.01. The van der Waals surface area contributed by atoms with E-state index in [-0.39, 0.29) is 12.1 Å². The summed E-state index contributed by atoms with van der Waals surface area (Å²) in [6.07, 6.45) is 0. The molecule has 0 saturated heterocycles. The predicted molar refractivity (Wildman–Crippen MR) is 75.2 cm³/mol. The summed E-state index contributed by atoms with van der Waals surface area (Å²) >= 11 is 0. The first-order chi connectivity index (χ1) is 10.0. The molecule has 0 aliphatic rings. The summed E-state index contributed by atoms with van der Waals surface area (Å²) < 4.78 is 31.9. The Balaban J connectivity index is 2.15. The highest BCUT2D eigenvalue weighted by molar-refractivity contribution is 5.92. The minimum absolute atomic E-state index is 0.107. The van der Waals surface area contributed by atoms with Crippen molar-refractivity contribution < 1.29 is 18.3 Å². The molecule has 0 saturated carbocycles. The van der Waals surface area contributed by atoms with Crippen LogP contribution in [0.15, 0.2) is 36.4 Å². The molecule has 2 aromatic rings. The van der Waals surface area contributed by atoms with Crippen molar-refractivity contribution in [3.63, 3.8) is 0 Å². The van der Waals surface area contributed by atoms with E-state index < -0.39 is 17.5 Å². The smallest absolute Gasteiger partial charge is 0.248 e. The molecule has 0 radical (unpaired) electrons. The molecule has 0 aliphatic heterocycles. The average molecular weight is 292 g/mol. The highest BCUT2D eigenvalue weighted by Gasteiger charge is 2.09. The molecule has 3 N–H and O–H groups in total. The van der Waals surface area contributed by atoms with E-state index in [1.807, 2.05) is 0 Å². The minimum Gasteiger partial charge on any atom is -0.494 e. The molecule has 0 aromatic heterocycles.